The quantitative estimate of drug-likeness (QED) is 0.271. The number of rotatable bonds is 8. The Bertz CT molecular complexity index is 1260. The summed E-state index contributed by atoms with van der Waals surface area (Å²) in [6.45, 7) is 6.46. The van der Waals surface area contributed by atoms with Gasteiger partial charge in [0.15, 0.2) is 0 Å². The topological polar surface area (TPSA) is 73.5 Å². The van der Waals surface area contributed by atoms with E-state index in [1.165, 1.54) is 5.56 Å². The minimum Gasteiger partial charge on any atom is -0.371 e. The number of halogens is 2. The number of carbonyl (C=O) groups excluding carboxylic acids is 2. The van der Waals surface area contributed by atoms with E-state index in [-0.39, 0.29) is 5.91 Å². The molecule has 1 heterocycles. The standard InChI is InChI=1S/C30H34Cl2N4O2/c1-20(2)19-33-29(37)25-17-23(34-30(38)35-24-8-10-26(31)27(32)18-24)9-11-28(25)36-14-12-22(13-15-36)16-21-6-4-3-5-7-21/h3-11,17-18,20,22H,12-16,19H2,1-2H3,(H,33,37)(H2,34,35,38). The number of piperidine rings is 1. The lowest BCUT2D eigenvalue weighted by Crippen LogP contribution is -2.36. The van der Waals surface area contributed by atoms with Crippen molar-refractivity contribution in [2.75, 3.05) is 35.2 Å². The summed E-state index contributed by atoms with van der Waals surface area (Å²) in [5, 5.41) is 9.36. The molecular weight excluding hydrogens is 519 g/mol. The van der Waals surface area contributed by atoms with E-state index in [1.807, 2.05) is 18.2 Å². The summed E-state index contributed by atoms with van der Waals surface area (Å²) in [6.07, 6.45) is 3.20. The summed E-state index contributed by atoms with van der Waals surface area (Å²) < 4.78 is 0. The number of benzene rings is 3. The predicted octanol–water partition coefficient (Wildman–Crippen LogP) is 7.48. The average Bonchev–Trinajstić information content (AvgIpc) is 2.90. The smallest absolute Gasteiger partial charge is 0.323 e. The van der Waals surface area contributed by atoms with E-state index in [4.69, 9.17) is 23.2 Å². The summed E-state index contributed by atoms with van der Waals surface area (Å²) in [7, 11) is 0. The molecule has 0 aromatic heterocycles. The number of hydrogen-bond donors (Lipinski definition) is 3. The maximum atomic E-state index is 13.2. The Balaban J connectivity index is 1.46. The molecule has 200 valence electrons. The van der Waals surface area contributed by atoms with Crippen molar-refractivity contribution >= 4 is 52.2 Å². The predicted molar refractivity (Wildman–Crippen MR) is 158 cm³/mol. The van der Waals surface area contributed by atoms with Crippen LogP contribution in [0.3, 0.4) is 0 Å². The molecule has 0 unspecified atom stereocenters. The Labute approximate surface area is 234 Å². The molecule has 3 aromatic carbocycles. The van der Waals surface area contributed by atoms with Crippen molar-refractivity contribution in [1.82, 2.24) is 5.32 Å². The van der Waals surface area contributed by atoms with Crippen LogP contribution in [-0.2, 0) is 6.42 Å². The molecule has 4 rings (SSSR count). The van der Waals surface area contributed by atoms with Gasteiger partial charge in [-0.25, -0.2) is 4.79 Å². The number of carbonyl (C=O) groups is 2. The Morgan fingerprint density at radius 1 is 0.895 bits per heavy atom. The summed E-state index contributed by atoms with van der Waals surface area (Å²) in [5.74, 6) is 0.806. The van der Waals surface area contributed by atoms with E-state index in [1.54, 1.807) is 24.3 Å². The van der Waals surface area contributed by atoms with Crippen LogP contribution in [0.25, 0.3) is 0 Å². The van der Waals surface area contributed by atoms with E-state index in [0.717, 1.165) is 38.0 Å². The zero-order valence-electron chi connectivity index (χ0n) is 21.8. The summed E-state index contributed by atoms with van der Waals surface area (Å²) in [4.78, 5) is 28.1. The number of urea groups is 1. The third-order valence-corrected chi connectivity index (χ3v) is 7.41. The second kappa shape index (κ2) is 13.0. The number of anilines is 3. The van der Waals surface area contributed by atoms with E-state index >= 15 is 0 Å². The van der Waals surface area contributed by atoms with E-state index < -0.39 is 6.03 Å². The number of amides is 3. The monoisotopic (exact) mass is 552 g/mol. The SMILES string of the molecule is CC(C)CNC(=O)c1cc(NC(=O)Nc2ccc(Cl)c(Cl)c2)ccc1N1CCC(Cc2ccccc2)CC1. The summed E-state index contributed by atoms with van der Waals surface area (Å²) in [5.41, 5.74) is 3.86. The fourth-order valence-electron chi connectivity index (χ4n) is 4.66. The molecule has 0 aliphatic carbocycles. The van der Waals surface area contributed by atoms with Gasteiger partial charge in [-0.3, -0.25) is 4.79 Å². The van der Waals surface area contributed by atoms with Gasteiger partial charge in [-0.1, -0.05) is 67.4 Å². The minimum absolute atomic E-state index is 0.145. The Kier molecular flexibility index (Phi) is 9.53. The molecule has 38 heavy (non-hydrogen) atoms. The second-order valence-corrected chi connectivity index (χ2v) is 11.0. The first-order valence-electron chi connectivity index (χ1n) is 13.0. The van der Waals surface area contributed by atoms with Crippen LogP contribution in [0.5, 0.6) is 0 Å². The van der Waals surface area contributed by atoms with Crippen molar-refractivity contribution in [3.05, 3.63) is 87.9 Å². The molecule has 1 fully saturated rings. The molecule has 6 nitrogen and oxygen atoms in total. The minimum atomic E-state index is -0.439. The van der Waals surface area contributed by atoms with Gasteiger partial charge >= 0.3 is 6.03 Å². The zero-order chi connectivity index (χ0) is 27.1. The fourth-order valence-corrected chi connectivity index (χ4v) is 4.95. The average molecular weight is 554 g/mol. The van der Waals surface area contributed by atoms with Crippen LogP contribution >= 0.6 is 23.2 Å². The molecule has 0 spiro atoms. The van der Waals surface area contributed by atoms with E-state index in [2.05, 4.69) is 59.0 Å². The van der Waals surface area contributed by atoms with Gasteiger partial charge in [0.05, 0.1) is 15.6 Å². The molecule has 3 aromatic rings. The normalized spacial score (nSPS) is 13.9. The van der Waals surface area contributed by atoms with E-state index in [0.29, 0.717) is 45.4 Å². The van der Waals surface area contributed by atoms with Crippen LogP contribution in [-0.4, -0.2) is 31.6 Å². The van der Waals surface area contributed by atoms with Gasteiger partial charge in [0.2, 0.25) is 0 Å². The van der Waals surface area contributed by atoms with Crippen LogP contribution in [0, 0.1) is 11.8 Å². The van der Waals surface area contributed by atoms with Crippen LogP contribution in [0.1, 0.15) is 42.6 Å². The lowest BCUT2D eigenvalue weighted by Gasteiger charge is -2.35. The molecule has 0 radical (unpaired) electrons. The van der Waals surface area contributed by atoms with Crippen LogP contribution in [0.4, 0.5) is 21.9 Å². The number of hydrogen-bond acceptors (Lipinski definition) is 3. The Morgan fingerprint density at radius 2 is 1.55 bits per heavy atom. The lowest BCUT2D eigenvalue weighted by atomic mass is 9.89. The molecule has 1 aliphatic rings. The Hall–Kier alpha value is -3.22. The van der Waals surface area contributed by atoms with Gasteiger partial charge in [-0.2, -0.15) is 0 Å². The van der Waals surface area contributed by atoms with Crippen molar-refractivity contribution < 1.29 is 9.59 Å². The molecular formula is C30H34Cl2N4O2. The van der Waals surface area contributed by atoms with Crippen molar-refractivity contribution in [3.63, 3.8) is 0 Å². The highest BCUT2D eigenvalue weighted by molar-refractivity contribution is 6.42. The zero-order valence-corrected chi connectivity index (χ0v) is 23.3. The van der Waals surface area contributed by atoms with Gasteiger partial charge in [0, 0.05) is 36.7 Å². The molecule has 1 aliphatic heterocycles. The van der Waals surface area contributed by atoms with Gasteiger partial charge in [-0.05, 0) is 73.1 Å². The number of nitrogens with zero attached hydrogens (tertiary/aromatic N) is 1. The largest absolute Gasteiger partial charge is 0.371 e. The molecule has 0 bridgehead atoms. The van der Waals surface area contributed by atoms with Crippen LogP contribution in [0.2, 0.25) is 10.0 Å². The van der Waals surface area contributed by atoms with E-state index in [9.17, 15) is 9.59 Å². The molecule has 8 heteroatoms. The fraction of sp³-hybridized carbons (Fsp3) is 0.333. The molecule has 0 atom stereocenters. The maximum absolute atomic E-state index is 13.2. The van der Waals surface area contributed by atoms with Gasteiger partial charge in [-0.15, -0.1) is 0 Å². The molecule has 1 saturated heterocycles. The van der Waals surface area contributed by atoms with Crippen LogP contribution in [0.15, 0.2) is 66.7 Å². The van der Waals surface area contributed by atoms with Gasteiger partial charge in [0.25, 0.3) is 5.91 Å². The Morgan fingerprint density at radius 3 is 2.21 bits per heavy atom. The summed E-state index contributed by atoms with van der Waals surface area (Å²) >= 11 is 12.0. The molecule has 3 amide bonds. The highest BCUT2D eigenvalue weighted by Crippen LogP contribution is 2.30. The van der Waals surface area contributed by atoms with Crippen molar-refractivity contribution in [2.45, 2.75) is 33.1 Å². The van der Waals surface area contributed by atoms with Crippen molar-refractivity contribution in [2.24, 2.45) is 11.8 Å². The van der Waals surface area contributed by atoms with Crippen molar-refractivity contribution in [1.29, 1.82) is 0 Å². The molecule has 0 saturated carbocycles. The first kappa shape index (κ1) is 27.8. The molecule has 3 N–H and O–H groups in total. The van der Waals surface area contributed by atoms with Gasteiger partial charge in [0.1, 0.15) is 0 Å². The lowest BCUT2D eigenvalue weighted by molar-refractivity contribution is 0.0949. The number of nitrogens with one attached hydrogen (secondary N) is 3. The second-order valence-electron chi connectivity index (χ2n) is 10.2. The maximum Gasteiger partial charge on any atom is 0.323 e. The third-order valence-electron chi connectivity index (χ3n) is 6.67. The van der Waals surface area contributed by atoms with Crippen molar-refractivity contribution in [3.8, 4) is 0 Å². The van der Waals surface area contributed by atoms with Gasteiger partial charge < -0.3 is 20.9 Å². The highest BCUT2D eigenvalue weighted by Gasteiger charge is 2.24. The third kappa shape index (κ3) is 7.65. The highest BCUT2D eigenvalue weighted by atomic mass is 35.5. The summed E-state index contributed by atoms with van der Waals surface area (Å²) in [6, 6.07) is 20.5. The van der Waals surface area contributed by atoms with Crippen LogP contribution < -0.4 is 20.9 Å². The first-order valence-corrected chi connectivity index (χ1v) is 13.8. The first-order chi connectivity index (χ1) is 18.3.